The zero-order chi connectivity index (χ0) is 12.5. The fourth-order valence-corrected chi connectivity index (χ4v) is 1.91. The monoisotopic (exact) mass is 273 g/mol. The maximum atomic E-state index is 5.99. The first-order valence-electron chi connectivity index (χ1n) is 6.11. The molecule has 0 aliphatic carbocycles. The number of ether oxygens (including phenoxy) is 1. The standard InChI is InChI=1S/C14H19Cl2O/c1-2-3-4-5-6-7-10-17-14-11-12(15)8-9-13(14)16/h8-9,11H,1-7,10H2. The number of unbranched alkanes of at least 4 members (excludes halogenated alkanes) is 5. The van der Waals surface area contributed by atoms with E-state index in [4.69, 9.17) is 27.9 Å². The third-order valence-corrected chi connectivity index (χ3v) is 3.09. The van der Waals surface area contributed by atoms with E-state index in [1.54, 1.807) is 18.2 Å². The summed E-state index contributed by atoms with van der Waals surface area (Å²) in [6, 6.07) is 5.27. The van der Waals surface area contributed by atoms with Crippen LogP contribution in [0.25, 0.3) is 0 Å². The van der Waals surface area contributed by atoms with Crippen LogP contribution in [0.5, 0.6) is 5.75 Å². The lowest BCUT2D eigenvalue weighted by Gasteiger charge is -2.08. The van der Waals surface area contributed by atoms with Crippen molar-refractivity contribution in [1.29, 1.82) is 0 Å². The second-order valence-electron chi connectivity index (χ2n) is 4.04. The van der Waals surface area contributed by atoms with Gasteiger partial charge in [-0.3, -0.25) is 0 Å². The Bertz CT molecular complexity index is 326. The van der Waals surface area contributed by atoms with E-state index in [2.05, 4.69) is 6.92 Å². The van der Waals surface area contributed by atoms with Gasteiger partial charge in [0.05, 0.1) is 11.6 Å². The molecule has 0 aliphatic heterocycles. The summed E-state index contributed by atoms with van der Waals surface area (Å²) in [5.74, 6) is 0.678. The van der Waals surface area contributed by atoms with Crippen molar-refractivity contribution in [2.24, 2.45) is 0 Å². The molecule has 95 valence electrons. The van der Waals surface area contributed by atoms with Crippen molar-refractivity contribution in [2.75, 3.05) is 6.61 Å². The first-order valence-corrected chi connectivity index (χ1v) is 6.86. The molecule has 1 aromatic carbocycles. The smallest absolute Gasteiger partial charge is 0.139 e. The Morgan fingerprint density at radius 1 is 1.00 bits per heavy atom. The lowest BCUT2D eigenvalue weighted by Crippen LogP contribution is -1.97. The molecule has 17 heavy (non-hydrogen) atoms. The van der Waals surface area contributed by atoms with E-state index in [-0.39, 0.29) is 0 Å². The van der Waals surface area contributed by atoms with Crippen LogP contribution in [0.3, 0.4) is 0 Å². The minimum atomic E-state index is 0.617. The normalized spacial score (nSPS) is 10.5. The van der Waals surface area contributed by atoms with Gasteiger partial charge in [0.2, 0.25) is 0 Å². The highest BCUT2D eigenvalue weighted by atomic mass is 35.5. The molecule has 3 heteroatoms. The van der Waals surface area contributed by atoms with Crippen LogP contribution in [0.1, 0.15) is 38.5 Å². The van der Waals surface area contributed by atoms with E-state index < -0.39 is 0 Å². The Morgan fingerprint density at radius 3 is 2.47 bits per heavy atom. The summed E-state index contributed by atoms with van der Waals surface area (Å²) in [4.78, 5) is 0. The molecule has 0 heterocycles. The summed E-state index contributed by atoms with van der Waals surface area (Å²) < 4.78 is 5.60. The zero-order valence-electron chi connectivity index (χ0n) is 10.1. The average Bonchev–Trinajstić information content (AvgIpc) is 2.32. The van der Waals surface area contributed by atoms with Gasteiger partial charge in [0.15, 0.2) is 0 Å². The molecule has 0 bridgehead atoms. The molecule has 0 unspecified atom stereocenters. The van der Waals surface area contributed by atoms with Crippen molar-refractivity contribution in [3.8, 4) is 5.75 Å². The highest BCUT2D eigenvalue weighted by Gasteiger charge is 2.01. The van der Waals surface area contributed by atoms with Gasteiger partial charge in [0.1, 0.15) is 5.75 Å². The summed E-state index contributed by atoms with van der Waals surface area (Å²) in [5.41, 5.74) is 0. The first-order chi connectivity index (χ1) is 8.24. The fourth-order valence-electron chi connectivity index (χ4n) is 1.58. The van der Waals surface area contributed by atoms with Crippen LogP contribution in [0.15, 0.2) is 18.2 Å². The van der Waals surface area contributed by atoms with E-state index in [0.29, 0.717) is 22.4 Å². The van der Waals surface area contributed by atoms with Crippen molar-refractivity contribution in [3.05, 3.63) is 35.2 Å². The molecular weight excluding hydrogens is 255 g/mol. The lowest BCUT2D eigenvalue weighted by molar-refractivity contribution is 0.304. The van der Waals surface area contributed by atoms with E-state index in [9.17, 15) is 0 Å². The first kappa shape index (κ1) is 14.7. The molecule has 1 aromatic rings. The van der Waals surface area contributed by atoms with Gasteiger partial charge in [-0.25, -0.2) is 0 Å². The molecule has 0 spiro atoms. The van der Waals surface area contributed by atoms with Gasteiger partial charge in [-0.05, 0) is 18.6 Å². The van der Waals surface area contributed by atoms with Crippen molar-refractivity contribution < 1.29 is 4.74 Å². The molecule has 0 aromatic heterocycles. The minimum Gasteiger partial charge on any atom is -0.492 e. The van der Waals surface area contributed by atoms with Crippen molar-refractivity contribution in [2.45, 2.75) is 38.5 Å². The molecule has 1 rings (SSSR count). The molecule has 0 aliphatic rings. The van der Waals surface area contributed by atoms with E-state index in [1.165, 1.54) is 25.7 Å². The number of halogens is 2. The third-order valence-electron chi connectivity index (χ3n) is 2.55. The Hall–Kier alpha value is -0.400. The van der Waals surface area contributed by atoms with Gasteiger partial charge < -0.3 is 4.74 Å². The maximum Gasteiger partial charge on any atom is 0.139 e. The van der Waals surface area contributed by atoms with E-state index in [0.717, 1.165) is 12.8 Å². The molecule has 0 saturated heterocycles. The van der Waals surface area contributed by atoms with Gasteiger partial charge in [0.25, 0.3) is 0 Å². The van der Waals surface area contributed by atoms with E-state index in [1.807, 2.05) is 0 Å². The number of benzene rings is 1. The maximum absolute atomic E-state index is 5.99. The van der Waals surface area contributed by atoms with Gasteiger partial charge >= 0.3 is 0 Å². The van der Waals surface area contributed by atoms with Gasteiger partial charge in [-0.2, -0.15) is 0 Å². The topological polar surface area (TPSA) is 9.23 Å². The SMILES string of the molecule is [CH2]CCCCCCCOc1cc(Cl)ccc1Cl. The van der Waals surface area contributed by atoms with Crippen molar-refractivity contribution >= 4 is 23.2 Å². The summed E-state index contributed by atoms with van der Waals surface area (Å²) >= 11 is 11.9. The number of hydrogen-bond acceptors (Lipinski definition) is 1. The number of rotatable bonds is 8. The van der Waals surface area contributed by atoms with Crippen LogP contribution >= 0.6 is 23.2 Å². The Morgan fingerprint density at radius 2 is 1.71 bits per heavy atom. The number of hydrogen-bond donors (Lipinski definition) is 0. The largest absolute Gasteiger partial charge is 0.492 e. The molecular formula is C14H19Cl2O. The van der Waals surface area contributed by atoms with Crippen LogP contribution in [0.4, 0.5) is 0 Å². The molecule has 1 radical (unpaired) electrons. The summed E-state index contributed by atoms with van der Waals surface area (Å²) in [5, 5.41) is 1.27. The second kappa shape index (κ2) is 8.66. The van der Waals surface area contributed by atoms with Crippen LogP contribution in [-0.2, 0) is 0 Å². The van der Waals surface area contributed by atoms with Gasteiger partial charge in [0, 0.05) is 11.1 Å². The van der Waals surface area contributed by atoms with E-state index >= 15 is 0 Å². The molecule has 0 N–H and O–H groups in total. The van der Waals surface area contributed by atoms with Crippen LogP contribution in [-0.4, -0.2) is 6.61 Å². The second-order valence-corrected chi connectivity index (χ2v) is 4.89. The predicted octanol–water partition coefficient (Wildman–Crippen LogP) is 5.55. The van der Waals surface area contributed by atoms with Gasteiger partial charge in [-0.1, -0.05) is 62.2 Å². The third kappa shape index (κ3) is 6.18. The van der Waals surface area contributed by atoms with Crippen LogP contribution in [0, 0.1) is 6.92 Å². The quantitative estimate of drug-likeness (QED) is 0.565. The molecule has 0 saturated carbocycles. The average molecular weight is 274 g/mol. The minimum absolute atomic E-state index is 0.617. The molecule has 0 fully saturated rings. The Labute approximate surface area is 114 Å². The summed E-state index contributed by atoms with van der Waals surface area (Å²) in [6.45, 7) is 4.52. The highest BCUT2D eigenvalue weighted by molar-refractivity contribution is 6.34. The fraction of sp³-hybridized carbons (Fsp3) is 0.500. The molecule has 0 amide bonds. The molecule has 1 nitrogen and oxygen atoms in total. The van der Waals surface area contributed by atoms with Crippen molar-refractivity contribution in [3.63, 3.8) is 0 Å². The molecule has 0 atom stereocenters. The zero-order valence-corrected chi connectivity index (χ0v) is 11.6. The van der Waals surface area contributed by atoms with Crippen LogP contribution in [0.2, 0.25) is 10.0 Å². The highest BCUT2D eigenvalue weighted by Crippen LogP contribution is 2.27. The Balaban J connectivity index is 2.15. The lowest BCUT2D eigenvalue weighted by atomic mass is 10.1. The van der Waals surface area contributed by atoms with Crippen molar-refractivity contribution in [1.82, 2.24) is 0 Å². The Kier molecular flexibility index (Phi) is 7.46. The van der Waals surface area contributed by atoms with Crippen LogP contribution < -0.4 is 4.74 Å². The summed E-state index contributed by atoms with van der Waals surface area (Å²) in [7, 11) is 0. The predicted molar refractivity (Wildman–Crippen MR) is 75.0 cm³/mol. The van der Waals surface area contributed by atoms with Gasteiger partial charge in [-0.15, -0.1) is 0 Å². The summed E-state index contributed by atoms with van der Waals surface area (Å²) in [6.07, 6.45) is 7.03.